The molecule has 8 nitrogen and oxygen atoms in total. The number of nitrogens with zero attached hydrogens (tertiary/aromatic N) is 6. The van der Waals surface area contributed by atoms with Crippen molar-refractivity contribution in [1.29, 1.82) is 0 Å². The minimum Gasteiger partial charge on any atom is -0.304 e. The summed E-state index contributed by atoms with van der Waals surface area (Å²) >= 11 is 6.13. The molecule has 3 aromatic rings. The highest BCUT2D eigenvalue weighted by Crippen LogP contribution is 2.18. The van der Waals surface area contributed by atoms with Crippen LogP contribution in [0.4, 0.5) is 5.82 Å². The molecule has 0 atom stereocenters. The first-order chi connectivity index (χ1) is 10.9. The second-order valence-corrected chi connectivity index (χ2v) is 5.57. The molecule has 0 saturated heterocycles. The molecule has 3 rings (SSSR count). The number of aromatic nitrogens is 6. The van der Waals surface area contributed by atoms with Crippen molar-refractivity contribution in [1.82, 2.24) is 29.3 Å². The monoisotopic (exact) mass is 333 g/mol. The molecular weight excluding hydrogens is 318 g/mol. The summed E-state index contributed by atoms with van der Waals surface area (Å²) in [6, 6.07) is 3.36. The highest BCUT2D eigenvalue weighted by molar-refractivity contribution is 6.31. The molecule has 0 aromatic carbocycles. The van der Waals surface area contributed by atoms with E-state index in [1.807, 2.05) is 13.8 Å². The topological polar surface area (TPSA) is 82.6 Å². The van der Waals surface area contributed by atoms with Crippen molar-refractivity contribution in [2.45, 2.75) is 20.5 Å². The Kier molecular flexibility index (Phi) is 3.91. The van der Waals surface area contributed by atoms with Crippen LogP contribution in [0.3, 0.4) is 0 Å². The van der Waals surface area contributed by atoms with Crippen molar-refractivity contribution in [2.75, 3.05) is 5.32 Å². The van der Waals surface area contributed by atoms with Crippen LogP contribution in [0.15, 0.2) is 24.5 Å². The lowest BCUT2D eigenvalue weighted by atomic mass is 10.4. The Bertz CT molecular complexity index is 860. The predicted octanol–water partition coefficient (Wildman–Crippen LogP) is 1.84. The van der Waals surface area contributed by atoms with E-state index in [-0.39, 0.29) is 5.91 Å². The maximum Gasteiger partial charge on any atom is 0.277 e. The summed E-state index contributed by atoms with van der Waals surface area (Å²) in [5.74, 6) is 0.172. The number of rotatable bonds is 4. The van der Waals surface area contributed by atoms with E-state index in [0.717, 1.165) is 11.4 Å². The molecule has 0 spiro atoms. The van der Waals surface area contributed by atoms with E-state index in [2.05, 4.69) is 20.6 Å². The first-order valence-corrected chi connectivity index (χ1v) is 7.36. The van der Waals surface area contributed by atoms with E-state index < -0.39 is 0 Å². The molecule has 0 bridgehead atoms. The molecular formula is C14H16ClN7O. The normalized spacial score (nSPS) is 11.0. The number of carbonyl (C=O) groups excluding carboxylic acids is 1. The van der Waals surface area contributed by atoms with Gasteiger partial charge < -0.3 is 5.32 Å². The van der Waals surface area contributed by atoms with Crippen molar-refractivity contribution < 1.29 is 4.79 Å². The number of hydrogen-bond acceptors (Lipinski definition) is 4. The summed E-state index contributed by atoms with van der Waals surface area (Å²) in [4.78, 5) is 12.1. The molecule has 0 aliphatic carbocycles. The maximum absolute atomic E-state index is 12.1. The first-order valence-electron chi connectivity index (χ1n) is 6.98. The molecule has 0 unspecified atom stereocenters. The van der Waals surface area contributed by atoms with Crippen LogP contribution in [0.2, 0.25) is 5.02 Å². The fourth-order valence-corrected chi connectivity index (χ4v) is 2.31. The van der Waals surface area contributed by atoms with Gasteiger partial charge in [0.1, 0.15) is 6.67 Å². The van der Waals surface area contributed by atoms with E-state index in [4.69, 9.17) is 11.6 Å². The Labute approximate surface area is 137 Å². The largest absolute Gasteiger partial charge is 0.304 e. The fraction of sp³-hybridized carbons (Fsp3) is 0.286. The molecule has 9 heteroatoms. The Morgan fingerprint density at radius 2 is 2.00 bits per heavy atom. The summed E-state index contributed by atoms with van der Waals surface area (Å²) in [6.07, 6.45) is 3.47. The molecule has 0 fully saturated rings. The van der Waals surface area contributed by atoms with Crippen molar-refractivity contribution in [3.05, 3.63) is 46.6 Å². The average molecular weight is 334 g/mol. The number of anilines is 1. The van der Waals surface area contributed by atoms with Gasteiger partial charge in [-0.15, -0.1) is 0 Å². The van der Waals surface area contributed by atoms with Gasteiger partial charge in [0.2, 0.25) is 0 Å². The molecule has 1 N–H and O–H groups in total. The number of halogens is 1. The summed E-state index contributed by atoms with van der Waals surface area (Å²) < 4.78 is 4.98. The zero-order chi connectivity index (χ0) is 16.6. The van der Waals surface area contributed by atoms with Gasteiger partial charge in [0.15, 0.2) is 11.5 Å². The van der Waals surface area contributed by atoms with Crippen molar-refractivity contribution >= 4 is 23.3 Å². The summed E-state index contributed by atoms with van der Waals surface area (Å²) in [5, 5.41) is 16.0. The zero-order valence-electron chi connectivity index (χ0n) is 13.0. The van der Waals surface area contributed by atoms with Crippen molar-refractivity contribution in [2.24, 2.45) is 7.05 Å². The highest BCUT2D eigenvalue weighted by atomic mass is 35.5. The standard InChI is InChI=1S/C14H16ClN7O/c1-9-13(15)10(2)22(17-9)8-21-7-4-11(18-21)14(23)16-12-5-6-20(3)19-12/h4-7H,8H2,1-3H3,(H,16,19,23). The lowest BCUT2D eigenvalue weighted by molar-refractivity contribution is 0.102. The van der Waals surface area contributed by atoms with Crippen LogP contribution in [-0.4, -0.2) is 35.2 Å². The first kappa shape index (κ1) is 15.3. The van der Waals surface area contributed by atoms with Gasteiger partial charge in [0.05, 0.1) is 16.4 Å². The molecule has 0 aliphatic rings. The Hall–Kier alpha value is -2.61. The molecule has 0 aliphatic heterocycles. The van der Waals surface area contributed by atoms with Gasteiger partial charge in [-0.25, -0.2) is 4.68 Å². The molecule has 0 saturated carbocycles. The third-order valence-electron chi connectivity index (χ3n) is 3.40. The molecule has 3 aromatic heterocycles. The fourth-order valence-electron chi connectivity index (χ4n) is 2.17. The highest BCUT2D eigenvalue weighted by Gasteiger charge is 2.13. The molecule has 1 amide bonds. The Morgan fingerprint density at radius 1 is 1.22 bits per heavy atom. The summed E-state index contributed by atoms with van der Waals surface area (Å²) in [5.41, 5.74) is 1.94. The number of hydrogen-bond donors (Lipinski definition) is 1. The SMILES string of the molecule is Cc1nn(Cn2ccc(C(=O)Nc3ccn(C)n3)n2)c(C)c1Cl. The zero-order valence-corrected chi connectivity index (χ0v) is 13.7. The van der Waals surface area contributed by atoms with Crippen molar-refractivity contribution in [3.8, 4) is 0 Å². The Balaban J connectivity index is 1.72. The van der Waals surface area contributed by atoms with Crippen LogP contribution in [0, 0.1) is 13.8 Å². The lowest BCUT2D eigenvalue weighted by Gasteiger charge is -2.04. The van der Waals surface area contributed by atoms with E-state index in [1.54, 1.807) is 45.6 Å². The van der Waals surface area contributed by atoms with E-state index in [1.165, 1.54) is 0 Å². The number of amides is 1. The molecule has 23 heavy (non-hydrogen) atoms. The second-order valence-electron chi connectivity index (χ2n) is 5.19. The van der Waals surface area contributed by atoms with Gasteiger partial charge >= 0.3 is 0 Å². The molecule has 0 radical (unpaired) electrons. The van der Waals surface area contributed by atoms with Crippen LogP contribution in [0.5, 0.6) is 0 Å². The summed E-state index contributed by atoms with van der Waals surface area (Å²) in [6.45, 7) is 4.12. The van der Waals surface area contributed by atoms with Crippen LogP contribution in [0.25, 0.3) is 0 Å². The maximum atomic E-state index is 12.1. The van der Waals surface area contributed by atoms with E-state index in [0.29, 0.717) is 23.2 Å². The van der Waals surface area contributed by atoms with Crippen LogP contribution in [-0.2, 0) is 13.7 Å². The van der Waals surface area contributed by atoms with Crippen LogP contribution in [0.1, 0.15) is 21.9 Å². The number of nitrogens with one attached hydrogen (secondary N) is 1. The smallest absolute Gasteiger partial charge is 0.277 e. The average Bonchev–Trinajstić information content (AvgIpc) is 3.18. The van der Waals surface area contributed by atoms with Gasteiger partial charge in [0, 0.05) is 25.5 Å². The number of carbonyl (C=O) groups is 1. The second kappa shape index (κ2) is 5.88. The third kappa shape index (κ3) is 3.11. The number of aryl methyl sites for hydroxylation is 2. The molecule has 3 heterocycles. The van der Waals surface area contributed by atoms with Gasteiger partial charge in [0.25, 0.3) is 5.91 Å². The minimum absolute atomic E-state index is 0.309. The van der Waals surface area contributed by atoms with Crippen molar-refractivity contribution in [3.63, 3.8) is 0 Å². The summed E-state index contributed by atoms with van der Waals surface area (Å²) in [7, 11) is 1.78. The molecule has 120 valence electrons. The lowest BCUT2D eigenvalue weighted by Crippen LogP contribution is -2.16. The minimum atomic E-state index is -0.311. The van der Waals surface area contributed by atoms with Crippen LogP contribution < -0.4 is 5.32 Å². The van der Waals surface area contributed by atoms with E-state index >= 15 is 0 Å². The van der Waals surface area contributed by atoms with Crippen LogP contribution >= 0.6 is 11.6 Å². The van der Waals surface area contributed by atoms with Gasteiger partial charge in [-0.05, 0) is 19.9 Å². The predicted molar refractivity (Wildman–Crippen MR) is 85.5 cm³/mol. The van der Waals surface area contributed by atoms with E-state index in [9.17, 15) is 4.79 Å². The van der Waals surface area contributed by atoms with Gasteiger partial charge in [-0.1, -0.05) is 11.6 Å². The Morgan fingerprint density at radius 3 is 2.61 bits per heavy atom. The van der Waals surface area contributed by atoms with Gasteiger partial charge in [-0.3, -0.25) is 14.2 Å². The van der Waals surface area contributed by atoms with Gasteiger partial charge in [-0.2, -0.15) is 15.3 Å². The quantitative estimate of drug-likeness (QED) is 0.789. The third-order valence-corrected chi connectivity index (χ3v) is 3.95.